The summed E-state index contributed by atoms with van der Waals surface area (Å²) in [6.45, 7) is 1.58. The zero-order chi connectivity index (χ0) is 19.4. The summed E-state index contributed by atoms with van der Waals surface area (Å²) in [5.74, 6) is -1.17. The molecule has 0 radical (unpaired) electrons. The summed E-state index contributed by atoms with van der Waals surface area (Å²) in [6, 6.07) is 12.4. The third-order valence-corrected chi connectivity index (χ3v) is 4.22. The molecule has 0 aliphatic rings. The molecule has 3 aromatic rings. The van der Waals surface area contributed by atoms with Gasteiger partial charge in [-0.25, -0.2) is 4.79 Å². The van der Waals surface area contributed by atoms with Gasteiger partial charge in [-0.15, -0.1) is 0 Å². The number of carbonyl (C=O) groups excluding carboxylic acids is 2. The van der Waals surface area contributed by atoms with Crippen LogP contribution in [0.3, 0.4) is 0 Å². The average Bonchev–Trinajstić information content (AvgIpc) is 3.02. The van der Waals surface area contributed by atoms with E-state index in [1.165, 1.54) is 7.11 Å². The van der Waals surface area contributed by atoms with Crippen LogP contribution in [0.5, 0.6) is 0 Å². The molecule has 0 saturated carbocycles. The molecule has 1 heterocycles. The van der Waals surface area contributed by atoms with Crippen LogP contribution in [0.2, 0.25) is 5.02 Å². The zero-order valence-corrected chi connectivity index (χ0v) is 15.6. The Morgan fingerprint density at radius 1 is 1.19 bits per heavy atom. The smallest absolute Gasteiger partial charge is 0.375 e. The Morgan fingerprint density at radius 3 is 2.74 bits per heavy atom. The molecule has 140 valence electrons. The lowest BCUT2D eigenvalue weighted by Gasteiger charge is -2.09. The van der Waals surface area contributed by atoms with Crippen molar-refractivity contribution in [1.29, 1.82) is 0 Å². The Hall–Kier alpha value is -2.83. The van der Waals surface area contributed by atoms with Gasteiger partial charge in [0.2, 0.25) is 5.76 Å². The van der Waals surface area contributed by atoms with Crippen LogP contribution in [0.4, 0.5) is 5.69 Å². The number of esters is 1. The van der Waals surface area contributed by atoms with Gasteiger partial charge in [0, 0.05) is 28.8 Å². The third-order valence-electron chi connectivity index (χ3n) is 3.98. The Balaban J connectivity index is 1.70. The molecular formula is C20H18ClNO5. The number of methoxy groups -OCH3 is 1. The molecule has 0 fully saturated rings. The minimum absolute atomic E-state index is 0.0322. The van der Waals surface area contributed by atoms with Crippen molar-refractivity contribution in [3.05, 3.63) is 64.4 Å². The van der Waals surface area contributed by atoms with Crippen molar-refractivity contribution < 1.29 is 23.5 Å². The van der Waals surface area contributed by atoms with Crippen molar-refractivity contribution >= 4 is 40.1 Å². The van der Waals surface area contributed by atoms with E-state index in [1.54, 1.807) is 30.3 Å². The van der Waals surface area contributed by atoms with Crippen molar-refractivity contribution in [3.8, 4) is 0 Å². The van der Waals surface area contributed by atoms with Crippen LogP contribution in [0.25, 0.3) is 11.0 Å². The second-order valence-electron chi connectivity index (χ2n) is 5.92. The van der Waals surface area contributed by atoms with Gasteiger partial charge in [0.05, 0.1) is 6.61 Å². The number of halogens is 1. The number of aryl methyl sites for hydroxylation is 1. The van der Waals surface area contributed by atoms with Crippen molar-refractivity contribution in [2.24, 2.45) is 0 Å². The van der Waals surface area contributed by atoms with Crippen LogP contribution in [-0.4, -0.2) is 25.6 Å². The van der Waals surface area contributed by atoms with Gasteiger partial charge in [-0.1, -0.05) is 35.9 Å². The molecule has 3 rings (SSSR count). The number of rotatable bonds is 6. The Morgan fingerprint density at radius 2 is 1.96 bits per heavy atom. The van der Waals surface area contributed by atoms with Gasteiger partial charge in [0.1, 0.15) is 5.58 Å². The SMILES string of the molecule is COCc1c(C(=O)OCC(=O)Nc2cc(Cl)ccc2C)oc2ccccc12. The number of hydrogen-bond donors (Lipinski definition) is 1. The number of fused-ring (bicyclic) bond motifs is 1. The Kier molecular flexibility index (Phi) is 5.78. The van der Waals surface area contributed by atoms with Crippen molar-refractivity contribution in [3.63, 3.8) is 0 Å². The van der Waals surface area contributed by atoms with E-state index >= 15 is 0 Å². The largest absolute Gasteiger partial charge is 0.450 e. The van der Waals surface area contributed by atoms with E-state index in [4.69, 9.17) is 25.5 Å². The van der Waals surface area contributed by atoms with Crippen LogP contribution in [-0.2, 0) is 20.9 Å². The first-order valence-electron chi connectivity index (χ1n) is 8.22. The number of hydrogen-bond acceptors (Lipinski definition) is 5. The number of furan rings is 1. The molecule has 0 spiro atoms. The first kappa shape index (κ1) is 18.9. The van der Waals surface area contributed by atoms with Crippen molar-refractivity contribution in [2.45, 2.75) is 13.5 Å². The van der Waals surface area contributed by atoms with Gasteiger partial charge in [-0.2, -0.15) is 0 Å². The number of benzene rings is 2. The second-order valence-corrected chi connectivity index (χ2v) is 6.36. The first-order valence-corrected chi connectivity index (χ1v) is 8.60. The number of carbonyl (C=O) groups is 2. The zero-order valence-electron chi connectivity index (χ0n) is 14.9. The monoisotopic (exact) mass is 387 g/mol. The van der Waals surface area contributed by atoms with E-state index in [0.717, 1.165) is 10.9 Å². The summed E-state index contributed by atoms with van der Waals surface area (Å²) < 4.78 is 15.9. The summed E-state index contributed by atoms with van der Waals surface area (Å²) in [6.07, 6.45) is 0. The predicted molar refractivity (Wildman–Crippen MR) is 102 cm³/mol. The molecule has 6 nitrogen and oxygen atoms in total. The Labute approximate surface area is 161 Å². The van der Waals surface area contributed by atoms with Crippen LogP contribution < -0.4 is 5.32 Å². The van der Waals surface area contributed by atoms with E-state index in [9.17, 15) is 9.59 Å². The summed E-state index contributed by atoms with van der Waals surface area (Å²) in [4.78, 5) is 24.5. The molecule has 0 atom stereocenters. The fourth-order valence-corrected chi connectivity index (χ4v) is 2.84. The van der Waals surface area contributed by atoms with E-state index in [-0.39, 0.29) is 12.4 Å². The summed E-state index contributed by atoms with van der Waals surface area (Å²) in [7, 11) is 1.53. The van der Waals surface area contributed by atoms with Gasteiger partial charge >= 0.3 is 5.97 Å². The van der Waals surface area contributed by atoms with E-state index in [1.807, 2.05) is 19.1 Å². The molecule has 0 bridgehead atoms. The van der Waals surface area contributed by atoms with Gasteiger partial charge < -0.3 is 19.2 Å². The number of para-hydroxylation sites is 1. The molecule has 2 aromatic carbocycles. The van der Waals surface area contributed by atoms with Crippen molar-refractivity contribution in [2.75, 3.05) is 19.0 Å². The number of anilines is 1. The minimum Gasteiger partial charge on any atom is -0.450 e. The molecule has 0 aliphatic heterocycles. The van der Waals surface area contributed by atoms with E-state index in [0.29, 0.717) is 21.9 Å². The molecule has 0 unspecified atom stereocenters. The summed E-state index contributed by atoms with van der Waals surface area (Å²) >= 11 is 5.93. The van der Waals surface area contributed by atoms with Crippen LogP contribution >= 0.6 is 11.6 Å². The van der Waals surface area contributed by atoms with Crippen LogP contribution in [0.1, 0.15) is 21.7 Å². The fourth-order valence-electron chi connectivity index (χ4n) is 2.66. The first-order chi connectivity index (χ1) is 13.0. The molecule has 0 aliphatic carbocycles. The quantitative estimate of drug-likeness (QED) is 0.637. The molecule has 1 N–H and O–H groups in total. The maximum absolute atomic E-state index is 12.4. The van der Waals surface area contributed by atoms with Crippen LogP contribution in [0, 0.1) is 6.92 Å². The second kappa shape index (κ2) is 8.24. The summed E-state index contributed by atoms with van der Waals surface area (Å²) in [5.41, 5.74) is 2.55. The van der Waals surface area contributed by atoms with Crippen molar-refractivity contribution in [1.82, 2.24) is 0 Å². The fraction of sp³-hybridized carbons (Fsp3) is 0.200. The highest BCUT2D eigenvalue weighted by Crippen LogP contribution is 2.27. The lowest BCUT2D eigenvalue weighted by atomic mass is 10.1. The van der Waals surface area contributed by atoms with Gasteiger partial charge in [-0.3, -0.25) is 4.79 Å². The minimum atomic E-state index is -0.726. The van der Waals surface area contributed by atoms with E-state index in [2.05, 4.69) is 5.32 Å². The molecular weight excluding hydrogens is 370 g/mol. The van der Waals surface area contributed by atoms with Crippen LogP contribution in [0.15, 0.2) is 46.9 Å². The normalized spacial score (nSPS) is 10.8. The van der Waals surface area contributed by atoms with E-state index < -0.39 is 18.5 Å². The highest BCUT2D eigenvalue weighted by Gasteiger charge is 2.22. The molecule has 1 aromatic heterocycles. The topological polar surface area (TPSA) is 77.8 Å². The maximum Gasteiger partial charge on any atom is 0.375 e. The molecule has 7 heteroatoms. The lowest BCUT2D eigenvalue weighted by Crippen LogP contribution is -2.21. The molecule has 27 heavy (non-hydrogen) atoms. The number of ether oxygens (including phenoxy) is 2. The predicted octanol–water partition coefficient (Wildman–Crippen LogP) is 4.34. The molecule has 0 saturated heterocycles. The van der Waals surface area contributed by atoms with Gasteiger partial charge in [-0.05, 0) is 30.7 Å². The highest BCUT2D eigenvalue weighted by molar-refractivity contribution is 6.31. The summed E-state index contributed by atoms with van der Waals surface area (Å²) in [5, 5.41) is 3.94. The maximum atomic E-state index is 12.4. The van der Waals surface area contributed by atoms with Gasteiger partial charge in [0.25, 0.3) is 5.91 Å². The number of nitrogens with one attached hydrogen (secondary N) is 1. The average molecular weight is 388 g/mol. The number of amides is 1. The molecule has 1 amide bonds. The van der Waals surface area contributed by atoms with Gasteiger partial charge in [0.15, 0.2) is 6.61 Å². The lowest BCUT2D eigenvalue weighted by molar-refractivity contribution is -0.119. The highest BCUT2D eigenvalue weighted by atomic mass is 35.5. The Bertz CT molecular complexity index is 995. The standard InChI is InChI=1S/C20H18ClNO5/c1-12-7-8-13(21)9-16(12)22-18(23)11-26-20(24)19-15(10-25-2)14-5-3-4-6-17(14)27-19/h3-9H,10-11H2,1-2H3,(H,22,23). The third kappa shape index (κ3) is 4.30.